The van der Waals surface area contributed by atoms with Gasteiger partial charge in [0.05, 0.1) is 15.5 Å². The van der Waals surface area contributed by atoms with Crippen LogP contribution >= 0.6 is 11.3 Å². The number of aryl methyl sites for hydroxylation is 1. The molecule has 2 aromatic carbocycles. The van der Waals surface area contributed by atoms with E-state index in [-0.39, 0.29) is 0 Å². The van der Waals surface area contributed by atoms with Gasteiger partial charge in [-0.3, -0.25) is 0 Å². The summed E-state index contributed by atoms with van der Waals surface area (Å²) in [6.07, 6.45) is 9.32. The predicted octanol–water partition coefficient (Wildman–Crippen LogP) is 7.00. The summed E-state index contributed by atoms with van der Waals surface area (Å²) in [5.74, 6) is 0.900. The first-order chi connectivity index (χ1) is 16.9. The molecule has 2 heterocycles. The van der Waals surface area contributed by atoms with Crippen LogP contribution in [0.3, 0.4) is 0 Å². The summed E-state index contributed by atoms with van der Waals surface area (Å²) < 4.78 is 23.8. The summed E-state index contributed by atoms with van der Waals surface area (Å²) in [7, 11) is -3.24. The molecule has 1 fully saturated rings. The summed E-state index contributed by atoms with van der Waals surface area (Å²) >= 11 is 1.62. The third kappa shape index (κ3) is 5.46. The maximum atomic E-state index is 11.9. The van der Waals surface area contributed by atoms with Gasteiger partial charge in [0.1, 0.15) is 10.8 Å². The smallest absolute Gasteiger partial charge is 0.175 e. The van der Waals surface area contributed by atoms with E-state index in [2.05, 4.69) is 47.6 Å². The Morgan fingerprint density at radius 2 is 1.69 bits per heavy atom. The third-order valence-electron chi connectivity index (χ3n) is 6.43. The lowest BCUT2D eigenvalue weighted by molar-refractivity contribution is 0.462. The normalized spacial score (nSPS) is 14.7. The second kappa shape index (κ2) is 9.91. The summed E-state index contributed by atoms with van der Waals surface area (Å²) in [5, 5.41) is 4.49. The number of aromatic nitrogens is 2. The molecule has 4 aromatic rings. The molecule has 1 saturated carbocycles. The molecular formula is C28H29N3O2S2. The van der Waals surface area contributed by atoms with Gasteiger partial charge in [-0.25, -0.2) is 18.4 Å². The van der Waals surface area contributed by atoms with Crippen LogP contribution in [0.25, 0.3) is 32.3 Å². The minimum atomic E-state index is -3.24. The SMILES string of the molecule is Cc1cccc(-c2nc(-c3ccc(S(C)(=O)=O)cc3)sc2-c2ccnc(NC3CCCCC3)c2)c1. The number of hydrogen-bond donors (Lipinski definition) is 1. The highest BCUT2D eigenvalue weighted by molar-refractivity contribution is 7.90. The number of sulfone groups is 1. The molecule has 0 spiro atoms. The highest BCUT2D eigenvalue weighted by Crippen LogP contribution is 2.41. The van der Waals surface area contributed by atoms with Crippen molar-refractivity contribution in [2.75, 3.05) is 11.6 Å². The van der Waals surface area contributed by atoms with Crippen LogP contribution < -0.4 is 5.32 Å². The van der Waals surface area contributed by atoms with E-state index in [0.717, 1.165) is 38.1 Å². The van der Waals surface area contributed by atoms with Crippen LogP contribution in [0.15, 0.2) is 71.8 Å². The van der Waals surface area contributed by atoms with Crippen LogP contribution in [0.2, 0.25) is 0 Å². The van der Waals surface area contributed by atoms with E-state index in [9.17, 15) is 8.42 Å². The van der Waals surface area contributed by atoms with Crippen molar-refractivity contribution in [3.8, 4) is 32.3 Å². The van der Waals surface area contributed by atoms with Crippen LogP contribution in [-0.4, -0.2) is 30.7 Å². The average Bonchev–Trinajstić information content (AvgIpc) is 3.30. The summed E-state index contributed by atoms with van der Waals surface area (Å²) in [6, 6.07) is 20.0. The molecule has 5 rings (SSSR count). The van der Waals surface area contributed by atoms with Crippen LogP contribution in [0.4, 0.5) is 5.82 Å². The minimum absolute atomic E-state index is 0.310. The lowest BCUT2D eigenvalue weighted by Gasteiger charge is -2.23. The Kier molecular flexibility index (Phi) is 6.71. The van der Waals surface area contributed by atoms with Gasteiger partial charge in [0.2, 0.25) is 0 Å². The van der Waals surface area contributed by atoms with E-state index < -0.39 is 9.84 Å². The minimum Gasteiger partial charge on any atom is -0.367 e. The van der Waals surface area contributed by atoms with E-state index in [4.69, 9.17) is 4.98 Å². The number of nitrogens with zero attached hydrogens (tertiary/aromatic N) is 2. The quantitative estimate of drug-likeness (QED) is 0.307. The van der Waals surface area contributed by atoms with E-state index >= 15 is 0 Å². The Morgan fingerprint density at radius 3 is 2.40 bits per heavy atom. The summed E-state index contributed by atoms with van der Waals surface area (Å²) in [4.78, 5) is 11.0. The lowest BCUT2D eigenvalue weighted by Crippen LogP contribution is -2.22. The molecule has 2 aromatic heterocycles. The number of pyridine rings is 1. The molecule has 1 N–H and O–H groups in total. The van der Waals surface area contributed by atoms with Gasteiger partial charge in [-0.1, -0.05) is 55.2 Å². The second-order valence-electron chi connectivity index (χ2n) is 9.27. The van der Waals surface area contributed by atoms with E-state index in [1.54, 1.807) is 23.5 Å². The largest absolute Gasteiger partial charge is 0.367 e. The van der Waals surface area contributed by atoms with Crippen molar-refractivity contribution in [3.05, 3.63) is 72.4 Å². The van der Waals surface area contributed by atoms with Crippen molar-refractivity contribution < 1.29 is 8.42 Å². The maximum absolute atomic E-state index is 11.9. The molecule has 35 heavy (non-hydrogen) atoms. The fraction of sp³-hybridized carbons (Fsp3) is 0.286. The molecule has 0 atom stereocenters. The van der Waals surface area contributed by atoms with Crippen molar-refractivity contribution in [2.45, 2.75) is 50.0 Å². The third-order valence-corrected chi connectivity index (χ3v) is 8.71. The molecule has 1 aliphatic carbocycles. The van der Waals surface area contributed by atoms with Crippen molar-refractivity contribution in [1.29, 1.82) is 0 Å². The van der Waals surface area contributed by atoms with Crippen molar-refractivity contribution in [3.63, 3.8) is 0 Å². The second-order valence-corrected chi connectivity index (χ2v) is 12.3. The molecule has 0 amide bonds. The van der Waals surface area contributed by atoms with Gasteiger partial charge in [-0.05, 0) is 55.7 Å². The highest BCUT2D eigenvalue weighted by atomic mass is 32.2. The standard InChI is InChI=1S/C28H29N3O2S2/c1-19-7-6-8-21(17-19)26-27(22-15-16-29-25(18-22)30-23-9-4-3-5-10-23)34-28(31-26)20-11-13-24(14-12-20)35(2,32)33/h6-8,11-18,23H,3-5,9-10H2,1-2H3,(H,29,30). The van der Waals surface area contributed by atoms with Gasteiger partial charge >= 0.3 is 0 Å². The van der Waals surface area contributed by atoms with Crippen molar-refractivity contribution >= 4 is 27.0 Å². The Balaban J connectivity index is 1.56. The van der Waals surface area contributed by atoms with Gasteiger partial charge in [-0.2, -0.15) is 0 Å². The average molecular weight is 504 g/mol. The van der Waals surface area contributed by atoms with Gasteiger partial charge in [-0.15, -0.1) is 11.3 Å². The van der Waals surface area contributed by atoms with Gasteiger partial charge < -0.3 is 5.32 Å². The first-order valence-corrected chi connectivity index (χ1v) is 14.7. The molecule has 0 bridgehead atoms. The molecule has 0 saturated heterocycles. The molecular weight excluding hydrogens is 474 g/mol. The van der Waals surface area contributed by atoms with Crippen molar-refractivity contribution in [2.24, 2.45) is 0 Å². The molecule has 0 aliphatic heterocycles. The molecule has 0 radical (unpaired) electrons. The summed E-state index contributed by atoms with van der Waals surface area (Å²) in [6.45, 7) is 2.08. The number of anilines is 1. The molecule has 0 unspecified atom stereocenters. The fourth-order valence-electron chi connectivity index (χ4n) is 4.58. The van der Waals surface area contributed by atoms with E-state index in [1.165, 1.54) is 43.9 Å². The maximum Gasteiger partial charge on any atom is 0.175 e. The summed E-state index contributed by atoms with van der Waals surface area (Å²) in [5.41, 5.74) is 5.14. The van der Waals surface area contributed by atoms with Gasteiger partial charge in [0.25, 0.3) is 0 Å². The number of nitrogens with one attached hydrogen (secondary N) is 1. The Morgan fingerprint density at radius 1 is 0.914 bits per heavy atom. The van der Waals surface area contributed by atoms with E-state index in [1.807, 2.05) is 24.4 Å². The zero-order chi connectivity index (χ0) is 24.4. The fourth-order valence-corrected chi connectivity index (χ4v) is 6.30. The number of rotatable bonds is 6. The molecule has 1 aliphatic rings. The molecule has 7 heteroatoms. The van der Waals surface area contributed by atoms with E-state index in [0.29, 0.717) is 10.9 Å². The Labute approximate surface area is 211 Å². The first-order valence-electron chi connectivity index (χ1n) is 12.0. The highest BCUT2D eigenvalue weighted by Gasteiger charge is 2.19. The molecule has 180 valence electrons. The zero-order valence-corrected chi connectivity index (χ0v) is 21.6. The number of hydrogen-bond acceptors (Lipinski definition) is 6. The van der Waals surface area contributed by atoms with Crippen LogP contribution in [0.1, 0.15) is 37.7 Å². The molecule has 5 nitrogen and oxygen atoms in total. The predicted molar refractivity (Wildman–Crippen MR) is 145 cm³/mol. The Bertz CT molecular complexity index is 1440. The van der Waals surface area contributed by atoms with Crippen LogP contribution in [0.5, 0.6) is 0 Å². The Hall–Kier alpha value is -3.03. The topological polar surface area (TPSA) is 72.0 Å². The number of thiazole rings is 1. The number of benzene rings is 2. The first kappa shape index (κ1) is 23.7. The lowest BCUT2D eigenvalue weighted by atomic mass is 9.95. The van der Waals surface area contributed by atoms with Crippen LogP contribution in [0, 0.1) is 6.92 Å². The van der Waals surface area contributed by atoms with Crippen LogP contribution in [-0.2, 0) is 9.84 Å². The monoisotopic (exact) mass is 503 g/mol. The van der Waals surface area contributed by atoms with Crippen molar-refractivity contribution in [1.82, 2.24) is 9.97 Å². The van der Waals surface area contributed by atoms with Gasteiger partial charge in [0, 0.05) is 29.6 Å². The van der Waals surface area contributed by atoms with Gasteiger partial charge in [0.15, 0.2) is 9.84 Å². The zero-order valence-electron chi connectivity index (χ0n) is 20.0.